The number of carbonyl (C=O) groups is 2. The first-order valence-corrected chi connectivity index (χ1v) is 9.83. The maximum absolute atomic E-state index is 12.8. The van der Waals surface area contributed by atoms with Crippen molar-refractivity contribution in [1.82, 2.24) is 0 Å². The highest BCUT2D eigenvalue weighted by Crippen LogP contribution is 2.39. The zero-order valence-corrected chi connectivity index (χ0v) is 16.1. The van der Waals surface area contributed by atoms with Crippen molar-refractivity contribution in [2.45, 2.75) is 85.5 Å². The highest BCUT2D eigenvalue weighted by molar-refractivity contribution is 6.00. The molecule has 0 aromatic rings. The SMILES string of the molecule is CCCOC(=O)C(CCC1CCCCC1)(C(=O)OCCC)C(C)C. The van der Waals surface area contributed by atoms with Gasteiger partial charge >= 0.3 is 11.9 Å². The maximum atomic E-state index is 12.8. The normalized spacial score (nSPS) is 16.2. The van der Waals surface area contributed by atoms with Crippen molar-refractivity contribution in [1.29, 1.82) is 0 Å². The van der Waals surface area contributed by atoms with Gasteiger partial charge in [-0.25, -0.2) is 0 Å². The molecule has 0 aromatic heterocycles. The second kappa shape index (κ2) is 10.7. The predicted octanol–water partition coefficient (Wildman–Crippen LogP) is 4.90. The van der Waals surface area contributed by atoms with Crippen LogP contribution < -0.4 is 0 Å². The minimum absolute atomic E-state index is 0.130. The lowest BCUT2D eigenvalue weighted by atomic mass is 9.71. The van der Waals surface area contributed by atoms with Gasteiger partial charge in [-0.3, -0.25) is 9.59 Å². The van der Waals surface area contributed by atoms with Gasteiger partial charge < -0.3 is 9.47 Å². The summed E-state index contributed by atoms with van der Waals surface area (Å²) in [7, 11) is 0. The van der Waals surface area contributed by atoms with Gasteiger partial charge in [0.2, 0.25) is 0 Å². The largest absolute Gasteiger partial charge is 0.465 e. The van der Waals surface area contributed by atoms with Gasteiger partial charge in [-0.2, -0.15) is 0 Å². The average molecular weight is 341 g/mol. The first-order valence-electron chi connectivity index (χ1n) is 9.83. The third-order valence-electron chi connectivity index (χ3n) is 5.26. The third kappa shape index (κ3) is 5.49. The molecule has 0 unspecified atom stereocenters. The van der Waals surface area contributed by atoms with Crippen LogP contribution >= 0.6 is 0 Å². The molecule has 0 amide bonds. The van der Waals surface area contributed by atoms with E-state index in [0.29, 0.717) is 25.6 Å². The summed E-state index contributed by atoms with van der Waals surface area (Å²) in [5.74, 6) is -0.294. The van der Waals surface area contributed by atoms with Crippen LogP contribution in [0.5, 0.6) is 0 Å². The van der Waals surface area contributed by atoms with Crippen molar-refractivity contribution in [3.63, 3.8) is 0 Å². The topological polar surface area (TPSA) is 52.6 Å². The Morgan fingerprint density at radius 3 is 1.88 bits per heavy atom. The highest BCUT2D eigenvalue weighted by atomic mass is 16.6. The Kier molecular flexibility index (Phi) is 9.38. The lowest BCUT2D eigenvalue weighted by Crippen LogP contribution is -2.46. The van der Waals surface area contributed by atoms with Crippen LogP contribution in [0.4, 0.5) is 0 Å². The van der Waals surface area contributed by atoms with E-state index >= 15 is 0 Å². The van der Waals surface area contributed by atoms with E-state index in [1.54, 1.807) is 0 Å². The zero-order chi connectivity index (χ0) is 18.0. The Bertz CT molecular complexity index is 363. The second-order valence-electron chi connectivity index (χ2n) is 7.44. The first kappa shape index (κ1) is 21.0. The summed E-state index contributed by atoms with van der Waals surface area (Å²) < 4.78 is 10.8. The summed E-state index contributed by atoms with van der Waals surface area (Å²) >= 11 is 0. The van der Waals surface area contributed by atoms with Crippen molar-refractivity contribution in [3.05, 3.63) is 0 Å². The molecule has 140 valence electrons. The van der Waals surface area contributed by atoms with E-state index < -0.39 is 17.4 Å². The fraction of sp³-hybridized carbons (Fsp3) is 0.900. The molecule has 1 fully saturated rings. The van der Waals surface area contributed by atoms with Crippen molar-refractivity contribution in [2.75, 3.05) is 13.2 Å². The molecule has 0 aliphatic heterocycles. The molecule has 1 rings (SSSR count). The smallest absolute Gasteiger partial charge is 0.323 e. The van der Waals surface area contributed by atoms with Crippen LogP contribution in [0.1, 0.15) is 85.5 Å². The summed E-state index contributed by atoms with van der Waals surface area (Å²) in [5, 5.41) is 0. The number of hydrogen-bond donors (Lipinski definition) is 0. The van der Waals surface area contributed by atoms with Crippen LogP contribution in [0.3, 0.4) is 0 Å². The molecule has 0 heterocycles. The van der Waals surface area contributed by atoms with Crippen molar-refractivity contribution in [2.24, 2.45) is 17.3 Å². The number of carbonyl (C=O) groups excluding carboxylic acids is 2. The third-order valence-corrected chi connectivity index (χ3v) is 5.26. The monoisotopic (exact) mass is 340 g/mol. The highest BCUT2D eigenvalue weighted by Gasteiger charge is 2.51. The lowest BCUT2D eigenvalue weighted by Gasteiger charge is -2.34. The molecule has 0 spiro atoms. The van der Waals surface area contributed by atoms with Gasteiger partial charge in [0, 0.05) is 0 Å². The molecule has 0 radical (unpaired) electrons. The van der Waals surface area contributed by atoms with Crippen molar-refractivity contribution < 1.29 is 19.1 Å². The van der Waals surface area contributed by atoms with Gasteiger partial charge in [0.1, 0.15) is 0 Å². The Hall–Kier alpha value is -1.06. The molecule has 0 N–H and O–H groups in total. The number of hydrogen-bond acceptors (Lipinski definition) is 4. The summed E-state index contributed by atoms with van der Waals surface area (Å²) in [6.07, 6.45) is 9.22. The minimum atomic E-state index is -1.15. The number of esters is 2. The van der Waals surface area contributed by atoms with Crippen LogP contribution in [-0.4, -0.2) is 25.2 Å². The minimum Gasteiger partial charge on any atom is -0.465 e. The van der Waals surface area contributed by atoms with Gasteiger partial charge in [-0.05, 0) is 37.5 Å². The van der Waals surface area contributed by atoms with Gasteiger partial charge in [0.15, 0.2) is 5.41 Å². The summed E-state index contributed by atoms with van der Waals surface area (Å²) in [6, 6.07) is 0. The van der Waals surface area contributed by atoms with Gasteiger partial charge in [0.25, 0.3) is 0 Å². The number of rotatable bonds is 10. The Morgan fingerprint density at radius 2 is 1.46 bits per heavy atom. The molecule has 24 heavy (non-hydrogen) atoms. The van der Waals surface area contributed by atoms with E-state index in [-0.39, 0.29) is 5.92 Å². The van der Waals surface area contributed by atoms with E-state index in [2.05, 4.69) is 0 Å². The van der Waals surface area contributed by atoms with Gasteiger partial charge in [-0.1, -0.05) is 59.8 Å². The van der Waals surface area contributed by atoms with E-state index in [0.717, 1.165) is 19.3 Å². The van der Waals surface area contributed by atoms with E-state index in [4.69, 9.17) is 9.47 Å². The molecule has 1 saturated carbocycles. The maximum Gasteiger partial charge on any atom is 0.323 e. The van der Waals surface area contributed by atoms with Crippen LogP contribution in [0.15, 0.2) is 0 Å². The Labute approximate surface area is 147 Å². The molecule has 0 atom stereocenters. The molecule has 1 aliphatic carbocycles. The molecule has 0 aromatic carbocycles. The zero-order valence-electron chi connectivity index (χ0n) is 16.1. The lowest BCUT2D eigenvalue weighted by molar-refractivity contribution is -0.177. The summed E-state index contributed by atoms with van der Waals surface area (Å²) in [5.41, 5.74) is -1.15. The molecule has 4 nitrogen and oxygen atoms in total. The molecular weight excluding hydrogens is 304 g/mol. The number of ether oxygens (including phenoxy) is 2. The van der Waals surface area contributed by atoms with Gasteiger partial charge in [-0.15, -0.1) is 0 Å². The van der Waals surface area contributed by atoms with Crippen LogP contribution in [0.2, 0.25) is 0 Å². The first-order chi connectivity index (χ1) is 11.5. The molecule has 0 bridgehead atoms. The van der Waals surface area contributed by atoms with E-state index in [1.165, 1.54) is 32.1 Å². The van der Waals surface area contributed by atoms with Crippen LogP contribution in [0, 0.1) is 17.3 Å². The van der Waals surface area contributed by atoms with Gasteiger partial charge in [0.05, 0.1) is 13.2 Å². The van der Waals surface area contributed by atoms with E-state index in [1.807, 2.05) is 27.7 Å². The molecular formula is C20H36O4. The molecule has 0 saturated heterocycles. The molecule has 1 aliphatic rings. The van der Waals surface area contributed by atoms with Crippen LogP contribution in [0.25, 0.3) is 0 Å². The second-order valence-corrected chi connectivity index (χ2v) is 7.44. The van der Waals surface area contributed by atoms with Crippen molar-refractivity contribution >= 4 is 11.9 Å². The summed E-state index contributed by atoms with van der Waals surface area (Å²) in [6.45, 7) is 8.50. The van der Waals surface area contributed by atoms with Crippen molar-refractivity contribution in [3.8, 4) is 0 Å². The molecule has 4 heteroatoms. The standard InChI is InChI=1S/C20H36O4/c1-5-14-23-18(21)20(16(3)4,19(22)24-15-6-2)13-12-17-10-8-7-9-11-17/h16-17H,5-15H2,1-4H3. The average Bonchev–Trinajstić information content (AvgIpc) is 2.59. The van der Waals surface area contributed by atoms with E-state index in [9.17, 15) is 9.59 Å². The fourth-order valence-electron chi connectivity index (χ4n) is 3.60. The Morgan fingerprint density at radius 1 is 0.958 bits per heavy atom. The predicted molar refractivity (Wildman–Crippen MR) is 95.6 cm³/mol. The fourth-order valence-corrected chi connectivity index (χ4v) is 3.60. The summed E-state index contributed by atoms with van der Waals surface area (Å²) in [4.78, 5) is 25.6. The Balaban J connectivity index is 2.91. The van der Waals surface area contributed by atoms with Crippen LogP contribution in [-0.2, 0) is 19.1 Å². The quantitative estimate of drug-likeness (QED) is 0.419.